The van der Waals surface area contributed by atoms with Gasteiger partial charge in [-0.3, -0.25) is 58.2 Å². The van der Waals surface area contributed by atoms with Crippen molar-refractivity contribution in [2.75, 3.05) is 163 Å². The van der Waals surface area contributed by atoms with Gasteiger partial charge in [-0.05, 0) is 252 Å². The maximum Gasteiger partial charge on any atom is 0.161 e. The molecule has 15 unspecified atom stereocenters. The number of carbonyl (C=O) groups is 6. The van der Waals surface area contributed by atoms with Gasteiger partial charge in [-0.2, -0.15) is 0 Å². The van der Waals surface area contributed by atoms with Gasteiger partial charge in [-0.1, -0.05) is 102 Å². The number of methoxy groups -OCH3 is 12. The van der Waals surface area contributed by atoms with Crippen molar-refractivity contribution < 1.29 is 198 Å². The van der Waals surface area contributed by atoms with E-state index in [0.29, 0.717) is 73.7 Å². The number of aryl methyl sites for hydroxylation is 1. The molecule has 12 heterocycles. The molecule has 0 N–H and O–H groups in total. The molecule has 0 aromatic heterocycles. The highest BCUT2D eigenvalue weighted by Gasteiger charge is 2.47. The number of Topliss-reactive ketones (excluding diaryl/α,β-unsaturated/α-hetero) is 6. The lowest BCUT2D eigenvalue weighted by atomic mass is 9.79. The zero-order valence-electron chi connectivity index (χ0n) is 161. The average molecular weight is 2030 g/mol. The van der Waals surface area contributed by atoms with E-state index in [-0.39, 0.29) is 150 Å². The molecule has 0 aliphatic carbocycles. The third-order valence-electron chi connectivity index (χ3n) is 25.3. The van der Waals surface area contributed by atoms with Crippen LogP contribution in [0, 0.1) is 70.9 Å². The summed E-state index contributed by atoms with van der Waals surface area (Å²) in [6, 6.07) is 4.47. The zero-order valence-corrected chi connectivity index (χ0v) is 78.5. The van der Waals surface area contributed by atoms with Crippen molar-refractivity contribution >= 4 is 34.7 Å². The molecule has 24 heteroatoms. The number of hydrogen-bond donors (Lipinski definition) is 0. The summed E-state index contributed by atoms with van der Waals surface area (Å²) in [6.45, 7) is -13.5. The highest BCUT2D eigenvalue weighted by Crippen LogP contribution is 2.51. The van der Waals surface area contributed by atoms with Gasteiger partial charge in [0.2, 0.25) is 0 Å². The van der Waals surface area contributed by atoms with E-state index in [4.69, 9.17) is 169 Å². The second-order valence-electron chi connectivity index (χ2n) is 35.6. The Morgan fingerprint density at radius 1 is 0.319 bits per heavy atom. The topological polar surface area (TPSA) is 233 Å². The Balaban J connectivity index is 0.000000213. The molecular weight excluding hydrogens is 1780 g/mol. The Hall–Kier alpha value is -9.30. The smallest absolute Gasteiger partial charge is 0.161 e. The second-order valence-corrected chi connectivity index (χ2v) is 35.6. The van der Waals surface area contributed by atoms with Crippen LogP contribution >= 0.6 is 0 Å². The van der Waals surface area contributed by atoms with E-state index >= 15 is 0 Å². The van der Waals surface area contributed by atoms with Crippen molar-refractivity contribution in [1.29, 1.82) is 0 Å². The van der Waals surface area contributed by atoms with Crippen molar-refractivity contribution in [3.8, 4) is 69.0 Å². The fourth-order valence-corrected chi connectivity index (χ4v) is 18.5. The van der Waals surface area contributed by atoms with Crippen LogP contribution < -0.4 is 56.8 Å². The molecule has 0 amide bonds. The van der Waals surface area contributed by atoms with Gasteiger partial charge in [0.15, 0.2) is 69.0 Å². The van der Waals surface area contributed by atoms with Crippen LogP contribution in [-0.2, 0) is 67.2 Å². The maximum absolute atomic E-state index is 13.9. The summed E-state index contributed by atoms with van der Waals surface area (Å²) >= 11 is 0. The molecule has 24 nitrogen and oxygen atoms in total. The molecule has 6 aromatic carbocycles. The Morgan fingerprint density at radius 2 is 0.617 bits per heavy atom. The fraction of sp³-hybridized carbons (Fsp3) is 0.641. The third kappa shape index (κ3) is 25.6. The Bertz CT molecular complexity index is 8990. The summed E-state index contributed by atoms with van der Waals surface area (Å²) in [6.07, 6.45) is -33.0. The van der Waals surface area contributed by atoms with Gasteiger partial charge < -0.3 is 56.8 Å². The Kier molecular flexibility index (Phi) is 15.7. The summed E-state index contributed by atoms with van der Waals surface area (Å²) in [5, 5.41) is 0. The van der Waals surface area contributed by atoms with Gasteiger partial charge in [0.25, 0.3) is 0 Å². The minimum absolute atomic E-state index is 0.000481. The van der Waals surface area contributed by atoms with Crippen LogP contribution in [0.3, 0.4) is 0 Å². The van der Waals surface area contributed by atoms with E-state index in [0.717, 1.165) is 63.2 Å². The Morgan fingerprint density at radius 3 is 1.00 bits per heavy atom. The number of ketones is 6. The summed E-state index contributed by atoms with van der Waals surface area (Å²) in [5.41, 5.74) is 1.70. The van der Waals surface area contributed by atoms with Crippen LogP contribution in [0.15, 0.2) is 72.8 Å². The summed E-state index contributed by atoms with van der Waals surface area (Å²) in [7, 11) is -36.0. The molecule has 6 aromatic rings. The lowest BCUT2D eigenvalue weighted by Crippen LogP contribution is -2.46. The largest absolute Gasteiger partial charge is 0.493 e. The first-order valence-corrected chi connectivity index (χ1v) is 45.1. The van der Waals surface area contributed by atoms with Crippen molar-refractivity contribution in [3.05, 3.63) is 140 Å². The van der Waals surface area contributed by atoms with E-state index in [1.807, 2.05) is 27.7 Å². The monoisotopic (exact) mass is 2030 g/mol. The van der Waals surface area contributed by atoms with Crippen molar-refractivity contribution in [2.45, 2.75) is 253 Å². The normalized spacial score (nSPS) is 41.1. The number of ether oxygens (including phenoxy) is 12. The first-order chi connectivity index (χ1) is 98.9. The molecule has 0 saturated carbocycles. The molecular formula is C117H168N6O18. The first kappa shape index (κ1) is 44.2. The number of benzene rings is 6. The number of carbonyl (C=O) groups excluding carboxylic acids is 6. The van der Waals surface area contributed by atoms with Crippen LogP contribution in [0.1, 0.15) is 394 Å². The summed E-state index contributed by atoms with van der Waals surface area (Å²) in [4.78, 5) is 86.8. The highest BCUT2D eigenvalue weighted by molar-refractivity contribution is 5.86. The Labute approximate surface area is 957 Å². The minimum Gasteiger partial charge on any atom is -0.493 e. The van der Waals surface area contributed by atoms with Crippen molar-refractivity contribution in [3.63, 3.8) is 0 Å². The average Bonchev–Trinajstić information content (AvgIpc) is 0.654. The number of rotatable bonds is 27. The van der Waals surface area contributed by atoms with Crippen LogP contribution in [0.5, 0.6) is 69.0 Å². The van der Waals surface area contributed by atoms with Gasteiger partial charge in [0.05, 0.1) is 135 Å². The third-order valence-corrected chi connectivity index (χ3v) is 25.3. The van der Waals surface area contributed by atoms with Crippen LogP contribution in [0.25, 0.3) is 0 Å². The maximum atomic E-state index is 13.9. The van der Waals surface area contributed by atoms with Gasteiger partial charge in [-0.15, -0.1) is 0 Å². The predicted octanol–water partition coefficient (Wildman–Crippen LogP) is 20.6. The first-order valence-electron chi connectivity index (χ1n) is 86.1. The molecule has 6 fully saturated rings. The van der Waals surface area contributed by atoms with Gasteiger partial charge in [0, 0.05) is 250 Å². The number of hydrogen-bond acceptors (Lipinski definition) is 24. The van der Waals surface area contributed by atoms with Crippen molar-refractivity contribution in [2.24, 2.45) is 70.9 Å². The quantitative estimate of drug-likeness (QED) is 0.0466. The SMILES string of the molecule is [2H]C([2H])([2H])Oc1cc2c(cc1OC([2H])([2H])[2H])C([2H])([2H])C([2H])([2H])N1CC(CC(C)C)C(=O)CC21[2H].[2H]C([2H])([2H])Oc1cc2c(cc1OC([2H])([2H])[2H])C1CC(=O)C(C([2H])([2H])C([2H])(C([2H])([2H])[2H])C([2H])([2H])C)C([2H])([2H])N1CC2.[2H]C([2H])([2H])Oc1cc2c(cc1OC([2H])([2H])[2H])C1CC(=O)C(CC(C)C)C([2H])([2H])N1CC2.[2H]C([2H])([2H])Oc1cc2c(cc1OC([2H])([2H])[2H])C1N(CC2)C([2H])([2H])C([2H])(C([2H])([2H])C([2H])(C([2H])([2H])[2H])C([2H])([2H])C)C(=O)C1([2H])[2H].[2H]C([2H])([2H])Oc1cc2c(cc1OC([2H])([2H])[2H])C1N(CC2)C([2H])([2H])C([2H])(CC(C)C)C(=O)C1([2H])[2H].[2H]C([2H])([2H])Oc1cc2c(cc1OC([2H])([2H])[2H])C1N(CC2)CC([2H])(C([2H])([2H])C([2H])(C([2H])([2H])[2H])C([2H])([2H])C)C(=O)C1([2H])[2H]. The minimum atomic E-state index is -4.20. The molecule has 6 saturated heterocycles. The lowest BCUT2D eigenvalue weighted by Gasteiger charge is -2.43. The summed E-state index contributed by atoms with van der Waals surface area (Å²) < 4.78 is 712. The molecule has 774 valence electrons. The molecule has 18 rings (SSSR count). The van der Waals surface area contributed by atoms with Gasteiger partial charge >= 0.3 is 0 Å². The zero-order chi connectivity index (χ0) is 172. The van der Waals surface area contributed by atoms with Crippen LogP contribution in [-0.4, -0.2) is 227 Å². The molecule has 141 heavy (non-hydrogen) atoms. The molecule has 0 spiro atoms. The molecule has 0 radical (unpaired) electrons. The summed E-state index contributed by atoms with van der Waals surface area (Å²) in [5.74, 6) is -37.0. The van der Waals surface area contributed by atoms with Gasteiger partial charge in [-0.25, -0.2) is 0 Å². The molecule has 12 aliphatic heterocycles. The predicted molar refractivity (Wildman–Crippen MR) is 555 cm³/mol. The van der Waals surface area contributed by atoms with Crippen molar-refractivity contribution in [1.82, 2.24) is 29.4 Å². The van der Waals surface area contributed by atoms with E-state index in [1.165, 1.54) is 29.2 Å². The standard InChI is InChI=1S/3C20H29NO3.3C19H27NO3/c3*1-5-13(2)8-15-12-21-7-6-14-9-19(23-3)20(24-4)10-16(14)17(21)11-18(15)22;3*1-12(2)7-14-11-20-6-5-13-8-18(22-3)19(23-4)9-15(13)16(20)10-17(14)21/h3*9-10,13,15,17H,5-8,11-12H2,1-4H3;3*8-9,12,14,16H,5-7,10-11H2,1-4H3/i2D3,3D3,4D3,5D2,8D2,11D2,12D2,13D,15D;2D3,3D3,4D3,5D2,8D2,11D2,13D,15D;2D3,3D3,4D3,5D2,8D2,12D2,13D;3D3,4D3,10D2,11D2,14D;3D3,4D3,5D2,6D2,16D;3D3,4D3,11D2. The molecule has 12 aliphatic rings. The number of piperidine rings is 6. The lowest BCUT2D eigenvalue weighted by molar-refractivity contribution is -0.130. The van der Waals surface area contributed by atoms with Crippen LogP contribution in [0.4, 0.5) is 0 Å². The fourth-order valence-electron chi connectivity index (χ4n) is 18.5. The highest BCUT2D eigenvalue weighted by atomic mass is 16.5. The van der Waals surface area contributed by atoms with Crippen LogP contribution in [0.2, 0.25) is 0 Å². The van der Waals surface area contributed by atoms with E-state index in [1.54, 1.807) is 18.7 Å². The number of nitrogens with zero attached hydrogens (tertiary/aromatic N) is 6. The molecule has 0 bridgehead atoms. The number of fused-ring (bicyclic) bond motifs is 18. The van der Waals surface area contributed by atoms with E-state index in [2.05, 4.69) is 0 Å². The second kappa shape index (κ2) is 50.0. The van der Waals surface area contributed by atoms with E-state index < -0.39 is 397 Å². The molecule has 15 atom stereocenters. The van der Waals surface area contributed by atoms with Gasteiger partial charge in [0.1, 0.15) is 34.7 Å². The van der Waals surface area contributed by atoms with E-state index in [9.17, 15) is 28.8 Å².